The van der Waals surface area contributed by atoms with Crippen LogP contribution >= 0.6 is 11.3 Å². The fourth-order valence-electron chi connectivity index (χ4n) is 3.20. The molecular formula is C23H14F6N2OS. The highest BCUT2D eigenvalue weighted by Crippen LogP contribution is 2.37. The summed E-state index contributed by atoms with van der Waals surface area (Å²) in [6, 6.07) is 16.4. The maximum absolute atomic E-state index is 13.3. The monoisotopic (exact) mass is 480 g/mol. The second kappa shape index (κ2) is 8.51. The summed E-state index contributed by atoms with van der Waals surface area (Å²) in [7, 11) is 0. The third-order valence-corrected chi connectivity index (χ3v) is 5.84. The largest absolute Gasteiger partial charge is 0.416 e. The molecule has 1 amide bonds. The molecule has 10 heteroatoms. The Hall–Kier alpha value is -3.40. The highest BCUT2D eigenvalue weighted by atomic mass is 32.1. The summed E-state index contributed by atoms with van der Waals surface area (Å²) < 4.78 is 80.6. The summed E-state index contributed by atoms with van der Waals surface area (Å²) in [5.41, 5.74) is -2.64. The Kier molecular flexibility index (Phi) is 5.87. The van der Waals surface area contributed by atoms with Crippen LogP contribution in [0.1, 0.15) is 27.0 Å². The van der Waals surface area contributed by atoms with Crippen LogP contribution in [0.25, 0.3) is 10.2 Å². The average Bonchev–Trinajstić information content (AvgIpc) is 3.20. The lowest BCUT2D eigenvalue weighted by Gasteiger charge is -2.21. The SMILES string of the molecule is O=C(c1cc(C(F)(F)F)cc(C(F)(F)F)c1)N(Cc1ccccc1)c1nc2ccccc2s1. The van der Waals surface area contributed by atoms with Crippen molar-refractivity contribution in [1.29, 1.82) is 0 Å². The van der Waals surface area contributed by atoms with Crippen molar-refractivity contribution >= 4 is 32.6 Å². The fourth-order valence-corrected chi connectivity index (χ4v) is 4.17. The number of aromatic nitrogens is 1. The van der Waals surface area contributed by atoms with E-state index in [2.05, 4.69) is 4.98 Å². The van der Waals surface area contributed by atoms with E-state index in [1.807, 2.05) is 0 Å². The highest BCUT2D eigenvalue weighted by Gasteiger charge is 2.38. The fraction of sp³-hybridized carbons (Fsp3) is 0.130. The number of carbonyl (C=O) groups excluding carboxylic acids is 1. The number of thiazole rings is 1. The molecule has 1 heterocycles. The van der Waals surface area contributed by atoms with Crippen molar-refractivity contribution in [3.63, 3.8) is 0 Å². The second-order valence-electron chi connectivity index (χ2n) is 7.14. The van der Waals surface area contributed by atoms with Crippen molar-refractivity contribution in [2.75, 3.05) is 4.90 Å². The molecule has 0 spiro atoms. The van der Waals surface area contributed by atoms with Crippen LogP contribution < -0.4 is 4.90 Å². The molecule has 4 rings (SSSR count). The van der Waals surface area contributed by atoms with Gasteiger partial charge in [-0.25, -0.2) is 4.98 Å². The standard InChI is InChI=1S/C23H14F6N2OS/c24-22(25,26)16-10-15(11-17(12-16)23(27,28)29)20(32)31(13-14-6-2-1-3-7-14)21-30-18-8-4-5-9-19(18)33-21/h1-12H,13H2. The van der Waals surface area contributed by atoms with E-state index < -0.39 is 35.0 Å². The van der Waals surface area contributed by atoms with Crippen LogP contribution in [0.2, 0.25) is 0 Å². The Bertz CT molecular complexity index is 1230. The quantitative estimate of drug-likeness (QED) is 0.290. The first-order valence-corrected chi connectivity index (χ1v) is 10.3. The maximum Gasteiger partial charge on any atom is 0.416 e. The first-order valence-electron chi connectivity index (χ1n) is 9.53. The summed E-state index contributed by atoms with van der Waals surface area (Å²) >= 11 is 1.12. The van der Waals surface area contributed by atoms with Gasteiger partial charge in [-0.15, -0.1) is 0 Å². The average molecular weight is 480 g/mol. The number of fused-ring (bicyclic) bond motifs is 1. The number of nitrogens with zero attached hydrogens (tertiary/aromatic N) is 2. The van der Waals surface area contributed by atoms with Gasteiger partial charge in [-0.3, -0.25) is 9.69 Å². The van der Waals surface area contributed by atoms with Crippen LogP contribution in [0.3, 0.4) is 0 Å². The lowest BCUT2D eigenvalue weighted by molar-refractivity contribution is -0.143. The topological polar surface area (TPSA) is 33.2 Å². The van der Waals surface area contributed by atoms with Gasteiger partial charge in [0.1, 0.15) is 0 Å². The van der Waals surface area contributed by atoms with Gasteiger partial charge in [-0.1, -0.05) is 53.8 Å². The third kappa shape index (κ3) is 5.00. The molecule has 0 aliphatic rings. The van der Waals surface area contributed by atoms with Gasteiger partial charge in [0.25, 0.3) is 5.91 Å². The number of rotatable bonds is 4. The van der Waals surface area contributed by atoms with Crippen molar-refractivity contribution in [2.24, 2.45) is 0 Å². The molecule has 0 saturated heterocycles. The number of carbonyl (C=O) groups is 1. The summed E-state index contributed by atoms with van der Waals surface area (Å²) in [6.07, 6.45) is -10.1. The molecule has 0 N–H and O–H groups in total. The minimum Gasteiger partial charge on any atom is -0.279 e. The summed E-state index contributed by atoms with van der Waals surface area (Å²) in [4.78, 5) is 18.8. The van der Waals surface area contributed by atoms with E-state index in [9.17, 15) is 31.1 Å². The van der Waals surface area contributed by atoms with E-state index >= 15 is 0 Å². The first kappa shape index (κ1) is 22.8. The minimum absolute atomic E-state index is 0.00396. The third-order valence-electron chi connectivity index (χ3n) is 4.78. The normalized spacial score (nSPS) is 12.2. The van der Waals surface area contributed by atoms with Gasteiger partial charge in [0.05, 0.1) is 27.9 Å². The van der Waals surface area contributed by atoms with Gasteiger partial charge in [0, 0.05) is 5.56 Å². The molecule has 0 unspecified atom stereocenters. The van der Waals surface area contributed by atoms with Crippen LogP contribution in [-0.4, -0.2) is 10.9 Å². The molecule has 3 nitrogen and oxygen atoms in total. The van der Waals surface area contributed by atoms with Crippen molar-refractivity contribution in [1.82, 2.24) is 4.98 Å². The van der Waals surface area contributed by atoms with Gasteiger partial charge in [0.2, 0.25) is 0 Å². The molecule has 0 aliphatic carbocycles. The van der Waals surface area contributed by atoms with E-state index in [4.69, 9.17) is 0 Å². The van der Waals surface area contributed by atoms with E-state index in [1.165, 1.54) is 0 Å². The van der Waals surface area contributed by atoms with Crippen LogP contribution in [0.15, 0.2) is 72.8 Å². The predicted molar refractivity (Wildman–Crippen MR) is 113 cm³/mol. The van der Waals surface area contributed by atoms with Crippen LogP contribution in [-0.2, 0) is 18.9 Å². The van der Waals surface area contributed by atoms with Gasteiger partial charge in [-0.2, -0.15) is 26.3 Å². The Labute approximate surface area is 187 Å². The summed E-state index contributed by atoms with van der Waals surface area (Å²) in [6.45, 7) is -0.0862. The zero-order chi connectivity index (χ0) is 23.8. The molecule has 0 bridgehead atoms. The van der Waals surface area contributed by atoms with Gasteiger partial charge in [-0.05, 0) is 35.9 Å². The number of benzene rings is 3. The Balaban J connectivity index is 1.84. The number of anilines is 1. The molecule has 1 aromatic heterocycles. The molecule has 170 valence electrons. The number of para-hydroxylation sites is 1. The number of hydrogen-bond acceptors (Lipinski definition) is 3. The van der Waals surface area contributed by atoms with Crippen molar-refractivity contribution < 1.29 is 31.1 Å². The summed E-state index contributed by atoms with van der Waals surface area (Å²) in [5, 5.41) is 0.163. The maximum atomic E-state index is 13.3. The molecule has 4 aromatic rings. The molecule has 0 fully saturated rings. The predicted octanol–water partition coefficient (Wildman–Crippen LogP) is 7.18. The van der Waals surface area contributed by atoms with E-state index in [0.29, 0.717) is 23.2 Å². The Morgan fingerprint density at radius 3 is 1.97 bits per heavy atom. The van der Waals surface area contributed by atoms with Gasteiger partial charge >= 0.3 is 12.4 Å². The number of halogens is 6. The van der Waals surface area contributed by atoms with Crippen molar-refractivity contribution in [2.45, 2.75) is 18.9 Å². The molecular weight excluding hydrogens is 466 g/mol. The zero-order valence-electron chi connectivity index (χ0n) is 16.6. The highest BCUT2D eigenvalue weighted by molar-refractivity contribution is 7.22. The van der Waals surface area contributed by atoms with Crippen molar-refractivity contribution in [3.05, 3.63) is 95.1 Å². The lowest BCUT2D eigenvalue weighted by Crippen LogP contribution is -2.31. The van der Waals surface area contributed by atoms with Crippen LogP contribution in [0, 0.1) is 0 Å². The van der Waals surface area contributed by atoms with E-state index in [-0.39, 0.29) is 17.7 Å². The van der Waals surface area contributed by atoms with Gasteiger partial charge < -0.3 is 0 Å². The molecule has 33 heavy (non-hydrogen) atoms. The summed E-state index contributed by atoms with van der Waals surface area (Å²) in [5.74, 6) is -1.02. The number of hydrogen-bond donors (Lipinski definition) is 0. The molecule has 0 saturated carbocycles. The Morgan fingerprint density at radius 1 is 0.818 bits per heavy atom. The lowest BCUT2D eigenvalue weighted by atomic mass is 10.0. The van der Waals surface area contributed by atoms with Crippen molar-refractivity contribution in [3.8, 4) is 0 Å². The smallest absolute Gasteiger partial charge is 0.279 e. The van der Waals surface area contributed by atoms with Gasteiger partial charge in [0.15, 0.2) is 5.13 Å². The Morgan fingerprint density at radius 2 is 1.39 bits per heavy atom. The van der Waals surface area contributed by atoms with Crippen LogP contribution in [0.4, 0.5) is 31.5 Å². The number of alkyl halides is 6. The second-order valence-corrected chi connectivity index (χ2v) is 8.14. The molecule has 3 aromatic carbocycles. The van der Waals surface area contributed by atoms with E-state index in [1.54, 1.807) is 54.6 Å². The molecule has 0 aliphatic heterocycles. The first-order chi connectivity index (χ1) is 15.5. The molecule has 0 atom stereocenters. The minimum atomic E-state index is -5.06. The molecule has 0 radical (unpaired) electrons. The van der Waals surface area contributed by atoms with E-state index in [0.717, 1.165) is 20.9 Å². The zero-order valence-corrected chi connectivity index (χ0v) is 17.4. The van der Waals surface area contributed by atoms with Crippen LogP contribution in [0.5, 0.6) is 0 Å². The number of amides is 1.